The molecule has 0 bridgehead atoms. The third-order valence-corrected chi connectivity index (χ3v) is 3.97. The fraction of sp³-hybridized carbons (Fsp3) is 0.400. The van der Waals surface area contributed by atoms with Gasteiger partial charge in [-0.2, -0.15) is 13.2 Å². The van der Waals surface area contributed by atoms with Crippen molar-refractivity contribution in [3.8, 4) is 5.69 Å². The quantitative estimate of drug-likeness (QED) is 0.874. The van der Waals surface area contributed by atoms with Gasteiger partial charge in [-0.3, -0.25) is 0 Å². The number of nitrogens with two attached hydrogens (primary N) is 1. The fourth-order valence-electron chi connectivity index (χ4n) is 2.92. The Morgan fingerprint density at radius 2 is 2.10 bits per heavy atom. The highest BCUT2D eigenvalue weighted by molar-refractivity contribution is 5.51. The predicted molar refractivity (Wildman–Crippen MR) is 73.3 cm³/mol. The van der Waals surface area contributed by atoms with Gasteiger partial charge in [0, 0.05) is 11.7 Å². The molecule has 6 heteroatoms. The monoisotopic (exact) mass is 295 g/mol. The number of halogens is 3. The molecule has 0 saturated heterocycles. The largest absolute Gasteiger partial charge is 0.416 e. The van der Waals surface area contributed by atoms with E-state index in [-0.39, 0.29) is 12.0 Å². The first-order valence-corrected chi connectivity index (χ1v) is 6.82. The molecule has 2 heterocycles. The molecule has 1 aromatic heterocycles. The van der Waals surface area contributed by atoms with Gasteiger partial charge in [-0.05, 0) is 43.0 Å². The van der Waals surface area contributed by atoms with E-state index in [4.69, 9.17) is 5.73 Å². The second kappa shape index (κ2) is 4.59. The molecular formula is C15H16F3N3. The molecule has 3 nitrogen and oxygen atoms in total. The van der Waals surface area contributed by atoms with E-state index < -0.39 is 11.7 Å². The lowest BCUT2D eigenvalue weighted by molar-refractivity contribution is -0.137. The number of benzene rings is 1. The van der Waals surface area contributed by atoms with Gasteiger partial charge in [0.1, 0.15) is 0 Å². The number of alkyl halides is 3. The van der Waals surface area contributed by atoms with Gasteiger partial charge in [-0.15, -0.1) is 0 Å². The van der Waals surface area contributed by atoms with Gasteiger partial charge in [0.05, 0.1) is 23.3 Å². The molecule has 3 rings (SSSR count). The van der Waals surface area contributed by atoms with Gasteiger partial charge in [0.15, 0.2) is 0 Å². The fourth-order valence-corrected chi connectivity index (χ4v) is 2.92. The minimum Gasteiger partial charge on any atom is -0.323 e. The summed E-state index contributed by atoms with van der Waals surface area (Å²) in [6.45, 7) is 3.79. The van der Waals surface area contributed by atoms with Crippen LogP contribution in [0.3, 0.4) is 0 Å². The molecule has 112 valence electrons. The molecule has 2 N–H and O–H groups in total. The molecule has 0 aliphatic carbocycles. The van der Waals surface area contributed by atoms with E-state index in [1.54, 1.807) is 6.33 Å². The maximum Gasteiger partial charge on any atom is 0.416 e. The maximum absolute atomic E-state index is 12.9. The van der Waals surface area contributed by atoms with E-state index >= 15 is 0 Å². The number of rotatable bonds is 1. The predicted octanol–water partition coefficient (Wildman–Crippen LogP) is 3.57. The zero-order valence-electron chi connectivity index (χ0n) is 11.8. The third-order valence-electron chi connectivity index (χ3n) is 3.97. The molecule has 21 heavy (non-hydrogen) atoms. The van der Waals surface area contributed by atoms with E-state index in [1.165, 1.54) is 12.1 Å². The van der Waals surface area contributed by atoms with E-state index in [2.05, 4.69) is 4.98 Å². The second-order valence-electron chi connectivity index (χ2n) is 5.61. The van der Waals surface area contributed by atoms with E-state index in [0.29, 0.717) is 12.0 Å². The van der Waals surface area contributed by atoms with Crippen LogP contribution in [0.5, 0.6) is 0 Å². The van der Waals surface area contributed by atoms with Crippen molar-refractivity contribution in [3.05, 3.63) is 47.0 Å². The molecule has 2 aromatic rings. The molecule has 0 fully saturated rings. The average molecular weight is 295 g/mol. The molecule has 1 aromatic carbocycles. The average Bonchev–Trinajstić information content (AvgIpc) is 2.81. The molecule has 2 atom stereocenters. The van der Waals surface area contributed by atoms with Gasteiger partial charge >= 0.3 is 6.18 Å². The summed E-state index contributed by atoms with van der Waals surface area (Å²) < 4.78 is 40.4. The van der Waals surface area contributed by atoms with Gasteiger partial charge in [-0.25, -0.2) is 4.98 Å². The summed E-state index contributed by atoms with van der Waals surface area (Å²) in [4.78, 5) is 4.32. The Bertz CT molecular complexity index is 686. The van der Waals surface area contributed by atoms with Crippen LogP contribution in [0.2, 0.25) is 0 Å². The molecule has 0 spiro atoms. The number of fused-ring (bicyclic) bond motifs is 3. The summed E-state index contributed by atoms with van der Waals surface area (Å²) in [6.07, 6.45) is -2.03. The Kier molecular flexibility index (Phi) is 3.09. The summed E-state index contributed by atoms with van der Waals surface area (Å²) >= 11 is 0. The van der Waals surface area contributed by atoms with Crippen molar-refractivity contribution in [2.45, 2.75) is 38.4 Å². The van der Waals surface area contributed by atoms with Crippen LogP contribution in [-0.2, 0) is 12.6 Å². The topological polar surface area (TPSA) is 43.8 Å². The van der Waals surface area contributed by atoms with Crippen molar-refractivity contribution in [2.75, 3.05) is 0 Å². The molecule has 2 unspecified atom stereocenters. The SMILES string of the molecule is CC(N)c1ncn2c1CC(C)c1cc(C(F)(F)F)ccc1-2. The van der Waals surface area contributed by atoms with Crippen LogP contribution in [0, 0.1) is 0 Å². The number of hydrogen-bond donors (Lipinski definition) is 1. The van der Waals surface area contributed by atoms with E-state index in [0.717, 1.165) is 23.1 Å². The highest BCUT2D eigenvalue weighted by atomic mass is 19.4. The Morgan fingerprint density at radius 3 is 2.71 bits per heavy atom. The van der Waals surface area contributed by atoms with Crippen molar-refractivity contribution in [3.63, 3.8) is 0 Å². The summed E-state index contributed by atoms with van der Waals surface area (Å²) in [5.41, 5.74) is 8.56. The highest BCUT2D eigenvalue weighted by Crippen LogP contribution is 2.38. The standard InChI is InChI=1S/C15H16F3N3/c1-8-5-13-14(9(2)19)20-7-21(13)12-4-3-10(6-11(8)12)15(16,17)18/h3-4,6-9H,5,19H2,1-2H3. The number of aromatic nitrogens is 2. The lowest BCUT2D eigenvalue weighted by atomic mass is 9.88. The van der Waals surface area contributed by atoms with Crippen LogP contribution in [0.1, 0.15) is 48.3 Å². The second-order valence-corrected chi connectivity index (χ2v) is 5.61. The Balaban J connectivity index is 2.16. The summed E-state index contributed by atoms with van der Waals surface area (Å²) in [5.74, 6) is 0.00370. The molecule has 0 saturated carbocycles. The molecule has 0 amide bonds. The highest BCUT2D eigenvalue weighted by Gasteiger charge is 2.33. The van der Waals surface area contributed by atoms with Crippen LogP contribution < -0.4 is 5.73 Å². The first-order chi connectivity index (χ1) is 9.79. The Labute approximate surface area is 120 Å². The van der Waals surface area contributed by atoms with Crippen LogP contribution in [0.15, 0.2) is 24.5 Å². The van der Waals surface area contributed by atoms with Crippen LogP contribution in [0.4, 0.5) is 13.2 Å². The minimum atomic E-state index is -4.32. The van der Waals surface area contributed by atoms with Crippen LogP contribution in [-0.4, -0.2) is 9.55 Å². The van der Waals surface area contributed by atoms with Gasteiger partial charge in [0.2, 0.25) is 0 Å². The third kappa shape index (κ3) is 2.23. The molecule has 1 aliphatic rings. The number of hydrogen-bond acceptors (Lipinski definition) is 2. The van der Waals surface area contributed by atoms with E-state index in [9.17, 15) is 13.2 Å². The van der Waals surface area contributed by atoms with Crippen LogP contribution >= 0.6 is 0 Å². The maximum atomic E-state index is 12.9. The lowest BCUT2D eigenvalue weighted by Crippen LogP contribution is -2.19. The normalized spacial score (nSPS) is 19.0. The van der Waals surface area contributed by atoms with Crippen molar-refractivity contribution < 1.29 is 13.2 Å². The number of imidazole rings is 1. The summed E-state index contributed by atoms with van der Waals surface area (Å²) in [5, 5.41) is 0. The van der Waals surface area contributed by atoms with Crippen molar-refractivity contribution in [1.29, 1.82) is 0 Å². The lowest BCUT2D eigenvalue weighted by Gasteiger charge is -2.26. The zero-order valence-corrected chi connectivity index (χ0v) is 11.8. The minimum absolute atomic E-state index is 0.00370. The molecule has 0 radical (unpaired) electrons. The van der Waals surface area contributed by atoms with Crippen molar-refractivity contribution in [2.24, 2.45) is 5.73 Å². The Hall–Kier alpha value is -1.82. The van der Waals surface area contributed by atoms with Gasteiger partial charge in [0.25, 0.3) is 0 Å². The van der Waals surface area contributed by atoms with Gasteiger partial charge < -0.3 is 10.3 Å². The number of nitrogens with zero attached hydrogens (tertiary/aromatic N) is 2. The smallest absolute Gasteiger partial charge is 0.323 e. The summed E-state index contributed by atoms with van der Waals surface area (Å²) in [7, 11) is 0. The molecular weight excluding hydrogens is 279 g/mol. The van der Waals surface area contributed by atoms with Crippen molar-refractivity contribution >= 4 is 0 Å². The molecule has 1 aliphatic heterocycles. The first kappa shape index (κ1) is 14.1. The zero-order chi connectivity index (χ0) is 15.4. The summed E-state index contributed by atoms with van der Waals surface area (Å²) in [6, 6.07) is 3.69. The van der Waals surface area contributed by atoms with Gasteiger partial charge in [-0.1, -0.05) is 6.92 Å². The van der Waals surface area contributed by atoms with Crippen LogP contribution in [0.25, 0.3) is 5.69 Å². The Morgan fingerprint density at radius 1 is 1.38 bits per heavy atom. The first-order valence-electron chi connectivity index (χ1n) is 6.82. The van der Waals surface area contributed by atoms with E-state index in [1.807, 2.05) is 18.4 Å². The van der Waals surface area contributed by atoms with Crippen molar-refractivity contribution in [1.82, 2.24) is 9.55 Å².